The van der Waals surface area contributed by atoms with E-state index in [0.717, 1.165) is 50.2 Å². The van der Waals surface area contributed by atoms with Gasteiger partial charge in [0.15, 0.2) is 13.2 Å². The molecular formula is C47H52N2O8. The molecule has 6 rings (SSSR count). The number of aliphatic carboxylic acids is 1. The zero-order valence-electron chi connectivity index (χ0n) is 31.1. The topological polar surface area (TPSA) is 142 Å². The van der Waals surface area contributed by atoms with E-state index in [9.17, 15) is 19.2 Å². The molecule has 0 fully saturated rings. The second kappa shape index (κ2) is 22.2. The molecule has 0 spiro atoms. The molecule has 0 aliphatic heterocycles. The maximum absolute atomic E-state index is 12.9. The first kappa shape index (κ1) is 45.0. The zero-order valence-corrected chi connectivity index (χ0v) is 31.1. The van der Waals surface area contributed by atoms with Gasteiger partial charge in [-0.15, -0.1) is 0 Å². The average Bonchev–Trinajstić information content (AvgIpc) is 3.20. The SMILES string of the molecule is C.C.CCC(C(=O)Cc1ccc2cnccc2c1)c1ccc(OCC(=O)O)cc1.CCC(C(=O)Cc1ccc2cnccc2c1)c1ccc(OCC(=O)OC)cc1. The van der Waals surface area contributed by atoms with Crippen LogP contribution in [0.25, 0.3) is 21.5 Å². The van der Waals surface area contributed by atoms with Gasteiger partial charge in [-0.3, -0.25) is 19.6 Å². The lowest BCUT2D eigenvalue weighted by Crippen LogP contribution is -2.15. The molecule has 0 radical (unpaired) electrons. The zero-order chi connectivity index (χ0) is 39.2. The monoisotopic (exact) mass is 772 g/mol. The molecular weight excluding hydrogens is 721 g/mol. The van der Waals surface area contributed by atoms with Gasteiger partial charge in [0, 0.05) is 60.2 Å². The number of carbonyl (C=O) groups excluding carboxylic acids is 3. The van der Waals surface area contributed by atoms with E-state index in [0.29, 0.717) is 30.8 Å². The first-order chi connectivity index (χ1) is 26.7. The van der Waals surface area contributed by atoms with Gasteiger partial charge in [0.25, 0.3) is 0 Å². The van der Waals surface area contributed by atoms with Gasteiger partial charge < -0.3 is 19.3 Å². The second-order valence-electron chi connectivity index (χ2n) is 13.0. The molecule has 2 heterocycles. The van der Waals surface area contributed by atoms with E-state index in [1.54, 1.807) is 36.7 Å². The molecule has 57 heavy (non-hydrogen) atoms. The van der Waals surface area contributed by atoms with Gasteiger partial charge in [0.2, 0.25) is 0 Å². The molecule has 1 N–H and O–H groups in total. The number of aromatic nitrogens is 2. The van der Waals surface area contributed by atoms with Crippen molar-refractivity contribution < 1.29 is 38.5 Å². The number of esters is 1. The molecule has 0 saturated carbocycles. The van der Waals surface area contributed by atoms with Crippen LogP contribution in [0.1, 0.15) is 75.6 Å². The summed E-state index contributed by atoms with van der Waals surface area (Å²) in [5.74, 6) is -0.450. The van der Waals surface area contributed by atoms with E-state index >= 15 is 0 Å². The fourth-order valence-corrected chi connectivity index (χ4v) is 6.37. The maximum Gasteiger partial charge on any atom is 0.343 e. The number of Topliss-reactive ketones (excluding diaryl/α,β-unsaturated/α-hetero) is 2. The molecule has 0 saturated heterocycles. The fourth-order valence-electron chi connectivity index (χ4n) is 6.37. The Kier molecular flexibility index (Phi) is 17.5. The quantitative estimate of drug-likeness (QED) is 0.0946. The first-order valence-electron chi connectivity index (χ1n) is 18.1. The van der Waals surface area contributed by atoms with Crippen molar-refractivity contribution in [2.75, 3.05) is 20.3 Å². The van der Waals surface area contributed by atoms with E-state index in [-0.39, 0.29) is 51.5 Å². The third-order valence-electron chi connectivity index (χ3n) is 9.27. The highest BCUT2D eigenvalue weighted by Crippen LogP contribution is 2.27. The molecule has 4 aromatic carbocycles. The number of carboxylic acid groups (broad SMARTS) is 1. The van der Waals surface area contributed by atoms with Gasteiger partial charge in [0.05, 0.1) is 7.11 Å². The van der Waals surface area contributed by atoms with Crippen LogP contribution in [-0.4, -0.2) is 58.9 Å². The third-order valence-corrected chi connectivity index (χ3v) is 9.27. The Morgan fingerprint density at radius 3 is 1.39 bits per heavy atom. The van der Waals surface area contributed by atoms with E-state index in [1.807, 2.05) is 99.0 Å². The lowest BCUT2D eigenvalue weighted by molar-refractivity contribution is -0.143. The molecule has 10 nitrogen and oxygen atoms in total. The molecule has 2 unspecified atom stereocenters. The van der Waals surface area contributed by atoms with E-state index in [2.05, 4.69) is 14.7 Å². The van der Waals surface area contributed by atoms with Crippen molar-refractivity contribution in [2.24, 2.45) is 0 Å². The third kappa shape index (κ3) is 12.8. The normalized spacial score (nSPS) is 11.4. The highest BCUT2D eigenvalue weighted by atomic mass is 16.6. The van der Waals surface area contributed by atoms with Crippen molar-refractivity contribution >= 4 is 45.0 Å². The summed E-state index contributed by atoms with van der Waals surface area (Å²) >= 11 is 0. The van der Waals surface area contributed by atoms with E-state index in [4.69, 9.17) is 14.6 Å². The number of pyridine rings is 2. The molecule has 0 amide bonds. The van der Waals surface area contributed by atoms with Crippen LogP contribution in [0, 0.1) is 0 Å². The van der Waals surface area contributed by atoms with Crippen molar-refractivity contribution in [1.82, 2.24) is 9.97 Å². The van der Waals surface area contributed by atoms with Crippen LogP contribution in [0.4, 0.5) is 0 Å². The Morgan fingerprint density at radius 1 is 0.579 bits per heavy atom. The van der Waals surface area contributed by atoms with Crippen LogP contribution >= 0.6 is 0 Å². The Morgan fingerprint density at radius 2 is 1.00 bits per heavy atom. The number of ether oxygens (including phenoxy) is 3. The number of nitrogens with zero attached hydrogens (tertiary/aromatic N) is 2. The summed E-state index contributed by atoms with van der Waals surface area (Å²) in [6, 6.07) is 30.3. The number of carboxylic acids is 1. The molecule has 298 valence electrons. The number of hydrogen-bond donors (Lipinski definition) is 1. The Hall–Kier alpha value is -6.42. The lowest BCUT2D eigenvalue weighted by atomic mass is 9.88. The lowest BCUT2D eigenvalue weighted by Gasteiger charge is -2.15. The average molecular weight is 773 g/mol. The van der Waals surface area contributed by atoms with Gasteiger partial charge >= 0.3 is 11.9 Å². The highest BCUT2D eigenvalue weighted by Gasteiger charge is 2.20. The summed E-state index contributed by atoms with van der Waals surface area (Å²) in [6.07, 6.45) is 9.31. The smallest absolute Gasteiger partial charge is 0.343 e. The molecule has 0 aliphatic carbocycles. The number of fused-ring (bicyclic) bond motifs is 2. The fraction of sp³-hybridized carbons (Fsp3) is 0.277. The van der Waals surface area contributed by atoms with Crippen LogP contribution in [0.15, 0.2) is 122 Å². The molecule has 6 aromatic rings. The largest absolute Gasteiger partial charge is 0.482 e. The molecule has 2 atom stereocenters. The minimum atomic E-state index is -1.02. The van der Waals surface area contributed by atoms with Crippen molar-refractivity contribution in [1.29, 1.82) is 0 Å². The van der Waals surface area contributed by atoms with E-state index < -0.39 is 11.9 Å². The van der Waals surface area contributed by atoms with Gasteiger partial charge in [-0.1, -0.05) is 89.4 Å². The summed E-state index contributed by atoms with van der Waals surface area (Å²) in [7, 11) is 1.32. The molecule has 10 heteroatoms. The number of hydrogen-bond acceptors (Lipinski definition) is 9. The minimum absolute atomic E-state index is 0. The molecule has 0 aliphatic rings. The number of rotatable bonds is 16. The van der Waals surface area contributed by atoms with Crippen LogP contribution < -0.4 is 9.47 Å². The summed E-state index contributed by atoms with van der Waals surface area (Å²) in [4.78, 5) is 55.7. The standard InChI is InChI=1S/C23H23NO4.C22H21NO4.2CH4/c1-3-21(17-6-8-20(9-7-17)28-15-23(26)27-2)22(25)13-16-4-5-19-14-24-11-10-18(19)12-16;1-2-20(16-5-7-19(8-6-16)27-14-22(25)26)21(24)12-15-3-4-18-13-23-10-9-17(18)11-15;;/h4-12,14,21H,3,13,15H2,1-2H3;3-11,13,20H,2,12,14H2,1H3,(H,25,26);2*1H4. The van der Waals surface area contributed by atoms with Gasteiger partial charge in [-0.05, 0) is 82.3 Å². The predicted molar refractivity (Wildman–Crippen MR) is 224 cm³/mol. The summed E-state index contributed by atoms with van der Waals surface area (Å²) < 4.78 is 15.1. The summed E-state index contributed by atoms with van der Waals surface area (Å²) in [6.45, 7) is 3.48. The van der Waals surface area contributed by atoms with Crippen molar-refractivity contribution in [2.45, 2.75) is 66.2 Å². The number of methoxy groups -OCH3 is 1. The van der Waals surface area contributed by atoms with Crippen LogP contribution in [-0.2, 0) is 36.8 Å². The van der Waals surface area contributed by atoms with Crippen LogP contribution in [0.3, 0.4) is 0 Å². The number of carbonyl (C=O) groups is 4. The number of benzene rings is 4. The van der Waals surface area contributed by atoms with Crippen molar-refractivity contribution in [3.63, 3.8) is 0 Å². The van der Waals surface area contributed by atoms with Crippen LogP contribution in [0.5, 0.6) is 11.5 Å². The van der Waals surface area contributed by atoms with Gasteiger partial charge in [-0.25, -0.2) is 9.59 Å². The summed E-state index contributed by atoms with van der Waals surface area (Å²) in [5.41, 5.74) is 3.84. The first-order valence-corrected chi connectivity index (χ1v) is 18.1. The Bertz CT molecular complexity index is 2240. The van der Waals surface area contributed by atoms with Gasteiger partial charge in [-0.2, -0.15) is 0 Å². The Labute approximate surface area is 334 Å². The second-order valence-corrected chi connectivity index (χ2v) is 13.0. The summed E-state index contributed by atoms with van der Waals surface area (Å²) in [5, 5.41) is 12.9. The highest BCUT2D eigenvalue weighted by molar-refractivity contribution is 5.90. The molecule has 2 aromatic heterocycles. The van der Waals surface area contributed by atoms with Gasteiger partial charge in [0.1, 0.15) is 23.1 Å². The van der Waals surface area contributed by atoms with E-state index in [1.165, 1.54) is 7.11 Å². The maximum atomic E-state index is 12.9. The Balaban J connectivity index is 0.000000295. The predicted octanol–water partition coefficient (Wildman–Crippen LogP) is 9.37. The minimum Gasteiger partial charge on any atom is -0.482 e. The van der Waals surface area contributed by atoms with Crippen molar-refractivity contribution in [3.05, 3.63) is 144 Å². The number of ketones is 2. The van der Waals surface area contributed by atoms with Crippen LogP contribution in [0.2, 0.25) is 0 Å². The molecule has 0 bridgehead atoms. The van der Waals surface area contributed by atoms with Crippen molar-refractivity contribution in [3.8, 4) is 11.5 Å².